The van der Waals surface area contributed by atoms with Crippen LogP contribution in [-0.2, 0) is 14.3 Å². The third kappa shape index (κ3) is 5.25. The number of ether oxygens (including phenoxy) is 2. The second kappa shape index (κ2) is 8.53. The molecule has 126 valence electrons. The van der Waals surface area contributed by atoms with Crippen LogP contribution in [-0.4, -0.2) is 43.3 Å². The molecule has 0 aliphatic carbocycles. The third-order valence-electron chi connectivity index (χ3n) is 4.09. The molecule has 2 rings (SSSR count). The topological polar surface area (TPSA) is 84.9 Å². The molecule has 1 amide bonds. The Morgan fingerprint density at radius 2 is 1.91 bits per heavy atom. The number of para-hydroxylation sites is 1. The number of amides is 1. The Bertz CT molecular complexity index is 511. The van der Waals surface area contributed by atoms with Crippen molar-refractivity contribution >= 4 is 11.9 Å². The maximum atomic E-state index is 11.9. The van der Waals surface area contributed by atoms with E-state index in [0.717, 1.165) is 5.75 Å². The standard InChI is InChI=1S/C17H23NO5/c19-15(7-4-10-23-14-5-2-1-3-6-14)18-13-17(16(20)21)8-11-22-12-9-17/h1-3,5-6H,4,7-13H2,(H,18,19)(H,20,21). The van der Waals surface area contributed by atoms with Crippen molar-refractivity contribution < 1.29 is 24.2 Å². The highest BCUT2D eigenvalue weighted by molar-refractivity contribution is 5.79. The molecule has 0 bridgehead atoms. The molecule has 1 aromatic carbocycles. The van der Waals surface area contributed by atoms with Gasteiger partial charge in [0.05, 0.1) is 12.0 Å². The molecule has 23 heavy (non-hydrogen) atoms. The van der Waals surface area contributed by atoms with Crippen molar-refractivity contribution in [2.75, 3.05) is 26.4 Å². The predicted molar refractivity (Wildman–Crippen MR) is 84.3 cm³/mol. The van der Waals surface area contributed by atoms with E-state index in [1.54, 1.807) is 0 Å². The minimum atomic E-state index is -0.894. The zero-order valence-corrected chi connectivity index (χ0v) is 13.1. The number of hydrogen-bond donors (Lipinski definition) is 2. The summed E-state index contributed by atoms with van der Waals surface area (Å²) < 4.78 is 10.7. The van der Waals surface area contributed by atoms with E-state index >= 15 is 0 Å². The van der Waals surface area contributed by atoms with Gasteiger partial charge in [0.1, 0.15) is 5.75 Å². The molecule has 6 nitrogen and oxygen atoms in total. The monoisotopic (exact) mass is 321 g/mol. The van der Waals surface area contributed by atoms with Crippen molar-refractivity contribution in [1.29, 1.82) is 0 Å². The van der Waals surface area contributed by atoms with E-state index < -0.39 is 11.4 Å². The molecule has 1 heterocycles. The fraction of sp³-hybridized carbons (Fsp3) is 0.529. The van der Waals surface area contributed by atoms with Gasteiger partial charge < -0.3 is 19.9 Å². The second-order valence-corrected chi connectivity index (χ2v) is 5.74. The van der Waals surface area contributed by atoms with Crippen LogP contribution in [0.2, 0.25) is 0 Å². The number of carboxylic acid groups (broad SMARTS) is 1. The van der Waals surface area contributed by atoms with Gasteiger partial charge in [0, 0.05) is 26.2 Å². The summed E-state index contributed by atoms with van der Waals surface area (Å²) in [5.41, 5.74) is -0.894. The van der Waals surface area contributed by atoms with Gasteiger partial charge in [-0.3, -0.25) is 9.59 Å². The van der Waals surface area contributed by atoms with Crippen LogP contribution in [0, 0.1) is 5.41 Å². The lowest BCUT2D eigenvalue weighted by atomic mass is 9.80. The van der Waals surface area contributed by atoms with Gasteiger partial charge in [0.15, 0.2) is 0 Å². The lowest BCUT2D eigenvalue weighted by Crippen LogP contribution is -2.46. The zero-order chi connectivity index (χ0) is 16.5. The van der Waals surface area contributed by atoms with Crippen LogP contribution in [0.4, 0.5) is 0 Å². The van der Waals surface area contributed by atoms with Crippen molar-refractivity contribution in [2.24, 2.45) is 5.41 Å². The SMILES string of the molecule is O=C(CCCOc1ccccc1)NCC1(C(=O)O)CCOCC1. The number of carbonyl (C=O) groups is 2. The number of rotatable bonds is 8. The Balaban J connectivity index is 1.67. The van der Waals surface area contributed by atoms with Gasteiger partial charge >= 0.3 is 5.97 Å². The van der Waals surface area contributed by atoms with E-state index in [0.29, 0.717) is 45.5 Å². The molecule has 0 atom stereocenters. The molecule has 1 aromatic rings. The molecular weight excluding hydrogens is 298 g/mol. The first kappa shape index (κ1) is 17.3. The molecule has 1 saturated heterocycles. The maximum absolute atomic E-state index is 11.9. The second-order valence-electron chi connectivity index (χ2n) is 5.74. The number of benzene rings is 1. The maximum Gasteiger partial charge on any atom is 0.311 e. The summed E-state index contributed by atoms with van der Waals surface area (Å²) in [6.45, 7) is 1.46. The van der Waals surface area contributed by atoms with Crippen LogP contribution in [0.25, 0.3) is 0 Å². The molecule has 0 radical (unpaired) electrons. The molecule has 0 aromatic heterocycles. The summed E-state index contributed by atoms with van der Waals surface area (Å²) in [7, 11) is 0. The molecule has 1 aliphatic heterocycles. The van der Waals surface area contributed by atoms with Gasteiger partial charge in [-0.05, 0) is 31.4 Å². The Morgan fingerprint density at radius 3 is 2.57 bits per heavy atom. The summed E-state index contributed by atoms with van der Waals surface area (Å²) >= 11 is 0. The Hall–Kier alpha value is -2.08. The summed E-state index contributed by atoms with van der Waals surface area (Å²) in [6.07, 6.45) is 1.77. The average Bonchev–Trinajstić information content (AvgIpc) is 2.58. The number of carboxylic acids is 1. The van der Waals surface area contributed by atoms with Crippen LogP contribution in [0.5, 0.6) is 5.75 Å². The molecule has 6 heteroatoms. The van der Waals surface area contributed by atoms with Crippen molar-refractivity contribution in [3.8, 4) is 5.75 Å². The number of hydrogen-bond acceptors (Lipinski definition) is 4. The highest BCUT2D eigenvalue weighted by atomic mass is 16.5. The molecule has 0 saturated carbocycles. The van der Waals surface area contributed by atoms with Gasteiger partial charge in [-0.2, -0.15) is 0 Å². The third-order valence-corrected chi connectivity index (χ3v) is 4.09. The highest BCUT2D eigenvalue weighted by Crippen LogP contribution is 2.30. The van der Waals surface area contributed by atoms with Gasteiger partial charge in [-0.15, -0.1) is 0 Å². The quantitative estimate of drug-likeness (QED) is 0.714. The first-order valence-corrected chi connectivity index (χ1v) is 7.88. The lowest BCUT2D eigenvalue weighted by molar-refractivity contribution is -0.154. The Kier molecular flexibility index (Phi) is 6.40. The minimum absolute atomic E-state index is 0.145. The van der Waals surface area contributed by atoms with Gasteiger partial charge in [0.25, 0.3) is 0 Å². The smallest absolute Gasteiger partial charge is 0.311 e. The first-order valence-electron chi connectivity index (χ1n) is 7.88. The average molecular weight is 321 g/mol. The van der Waals surface area contributed by atoms with Crippen LogP contribution in [0.3, 0.4) is 0 Å². The largest absolute Gasteiger partial charge is 0.494 e. The van der Waals surface area contributed by atoms with E-state index in [1.165, 1.54) is 0 Å². The van der Waals surface area contributed by atoms with Crippen LogP contribution >= 0.6 is 0 Å². The van der Waals surface area contributed by atoms with E-state index in [2.05, 4.69) is 5.32 Å². The summed E-state index contributed by atoms with van der Waals surface area (Å²) in [6, 6.07) is 9.42. The molecular formula is C17H23NO5. The van der Waals surface area contributed by atoms with Crippen LogP contribution in [0.1, 0.15) is 25.7 Å². The van der Waals surface area contributed by atoms with Crippen molar-refractivity contribution in [3.05, 3.63) is 30.3 Å². The Labute approximate surface area is 135 Å². The minimum Gasteiger partial charge on any atom is -0.494 e. The van der Waals surface area contributed by atoms with Crippen molar-refractivity contribution in [1.82, 2.24) is 5.32 Å². The predicted octanol–water partition coefficient (Wildman–Crippen LogP) is 1.84. The first-order chi connectivity index (χ1) is 11.1. The molecule has 0 spiro atoms. The van der Waals surface area contributed by atoms with Gasteiger partial charge in [0.2, 0.25) is 5.91 Å². The van der Waals surface area contributed by atoms with E-state index in [4.69, 9.17) is 9.47 Å². The van der Waals surface area contributed by atoms with Gasteiger partial charge in [-0.1, -0.05) is 18.2 Å². The molecule has 1 aliphatic rings. The number of nitrogens with one attached hydrogen (secondary N) is 1. The number of carbonyl (C=O) groups excluding carboxylic acids is 1. The van der Waals surface area contributed by atoms with E-state index in [1.807, 2.05) is 30.3 Å². The zero-order valence-electron chi connectivity index (χ0n) is 13.1. The fourth-order valence-electron chi connectivity index (χ4n) is 2.52. The highest BCUT2D eigenvalue weighted by Gasteiger charge is 2.40. The van der Waals surface area contributed by atoms with Gasteiger partial charge in [-0.25, -0.2) is 0 Å². The van der Waals surface area contributed by atoms with E-state index in [9.17, 15) is 14.7 Å². The summed E-state index contributed by atoms with van der Waals surface area (Å²) in [5.74, 6) is -0.234. The van der Waals surface area contributed by atoms with E-state index in [-0.39, 0.29) is 12.5 Å². The molecule has 1 fully saturated rings. The van der Waals surface area contributed by atoms with Crippen molar-refractivity contribution in [3.63, 3.8) is 0 Å². The fourth-order valence-corrected chi connectivity index (χ4v) is 2.52. The Morgan fingerprint density at radius 1 is 1.22 bits per heavy atom. The number of aliphatic carboxylic acids is 1. The lowest BCUT2D eigenvalue weighted by Gasteiger charge is -2.33. The summed E-state index contributed by atoms with van der Waals surface area (Å²) in [5, 5.41) is 12.2. The summed E-state index contributed by atoms with van der Waals surface area (Å²) in [4.78, 5) is 23.4. The van der Waals surface area contributed by atoms with Crippen LogP contribution < -0.4 is 10.1 Å². The van der Waals surface area contributed by atoms with Crippen LogP contribution in [0.15, 0.2) is 30.3 Å². The molecule has 0 unspecified atom stereocenters. The normalized spacial score (nSPS) is 16.5. The molecule has 2 N–H and O–H groups in total. The van der Waals surface area contributed by atoms with Crippen molar-refractivity contribution in [2.45, 2.75) is 25.7 Å².